The maximum absolute atomic E-state index is 10.6. The standard InChI is InChI=1S/C4H5NO4/c5-2-1-7-3(6)4(2)8-9-4/h2H,1,5H2/t2-/m0/s1. The van der Waals surface area contributed by atoms with E-state index in [0.717, 1.165) is 0 Å². The zero-order valence-electron chi connectivity index (χ0n) is 4.49. The monoisotopic (exact) mass is 131 g/mol. The van der Waals surface area contributed by atoms with Gasteiger partial charge in [-0.3, -0.25) is 0 Å². The van der Waals surface area contributed by atoms with Gasteiger partial charge in [0.1, 0.15) is 12.6 Å². The Labute approximate surface area is 50.6 Å². The van der Waals surface area contributed by atoms with Crippen molar-refractivity contribution in [2.24, 2.45) is 5.73 Å². The van der Waals surface area contributed by atoms with Crippen LogP contribution in [0.5, 0.6) is 0 Å². The number of ether oxygens (including phenoxy) is 1. The van der Waals surface area contributed by atoms with Gasteiger partial charge in [-0.1, -0.05) is 0 Å². The molecule has 2 heterocycles. The molecule has 0 aromatic heterocycles. The van der Waals surface area contributed by atoms with Crippen LogP contribution in [0.15, 0.2) is 0 Å². The number of esters is 1. The summed E-state index contributed by atoms with van der Waals surface area (Å²) in [7, 11) is 0. The van der Waals surface area contributed by atoms with Crippen LogP contribution < -0.4 is 5.73 Å². The van der Waals surface area contributed by atoms with E-state index in [1.807, 2.05) is 0 Å². The highest BCUT2D eigenvalue weighted by Gasteiger charge is 2.67. The predicted octanol–water partition coefficient (Wildman–Crippen LogP) is -1.47. The fourth-order valence-electron chi connectivity index (χ4n) is 0.764. The largest absolute Gasteiger partial charge is 0.460 e. The number of nitrogens with two attached hydrogens (primary N) is 1. The lowest BCUT2D eigenvalue weighted by molar-refractivity contribution is -0.142. The lowest BCUT2D eigenvalue weighted by Crippen LogP contribution is -2.37. The Morgan fingerprint density at radius 2 is 2.33 bits per heavy atom. The number of hydrogen-bond donors (Lipinski definition) is 1. The fraction of sp³-hybridized carbons (Fsp3) is 0.750. The molecule has 2 rings (SSSR count). The second-order valence-electron chi connectivity index (χ2n) is 2.04. The summed E-state index contributed by atoms with van der Waals surface area (Å²) in [5.74, 6) is -1.74. The molecule has 0 radical (unpaired) electrons. The maximum Gasteiger partial charge on any atom is 0.374 e. The maximum atomic E-state index is 10.6. The van der Waals surface area contributed by atoms with Crippen molar-refractivity contribution >= 4 is 5.97 Å². The van der Waals surface area contributed by atoms with Crippen LogP contribution in [0.2, 0.25) is 0 Å². The molecule has 0 aromatic carbocycles. The van der Waals surface area contributed by atoms with Gasteiger partial charge in [0.25, 0.3) is 0 Å². The van der Waals surface area contributed by atoms with Crippen molar-refractivity contribution in [1.29, 1.82) is 0 Å². The first kappa shape index (κ1) is 5.16. The van der Waals surface area contributed by atoms with Gasteiger partial charge >= 0.3 is 11.8 Å². The minimum atomic E-state index is -1.22. The second kappa shape index (κ2) is 1.26. The van der Waals surface area contributed by atoms with E-state index >= 15 is 0 Å². The fourth-order valence-corrected chi connectivity index (χ4v) is 0.764. The average Bonchev–Trinajstić information content (AvgIpc) is 2.56. The van der Waals surface area contributed by atoms with Crippen LogP contribution in [0.4, 0.5) is 0 Å². The van der Waals surface area contributed by atoms with E-state index in [1.165, 1.54) is 0 Å². The summed E-state index contributed by atoms with van der Waals surface area (Å²) < 4.78 is 4.53. The lowest BCUT2D eigenvalue weighted by atomic mass is 10.2. The van der Waals surface area contributed by atoms with Crippen molar-refractivity contribution in [3.8, 4) is 0 Å². The zero-order valence-corrected chi connectivity index (χ0v) is 4.49. The minimum Gasteiger partial charge on any atom is -0.460 e. The molecule has 0 bridgehead atoms. The number of carbonyl (C=O) groups is 1. The third-order valence-corrected chi connectivity index (χ3v) is 1.43. The Morgan fingerprint density at radius 1 is 1.67 bits per heavy atom. The molecule has 1 atom stereocenters. The Kier molecular flexibility index (Phi) is 0.721. The molecule has 5 nitrogen and oxygen atoms in total. The summed E-state index contributed by atoms with van der Waals surface area (Å²) in [6.45, 7) is 0.179. The second-order valence-corrected chi connectivity index (χ2v) is 2.04. The molecule has 0 unspecified atom stereocenters. The molecule has 2 saturated heterocycles. The molecule has 5 heteroatoms. The molecule has 0 saturated carbocycles. The molecule has 2 aliphatic rings. The first-order valence-electron chi connectivity index (χ1n) is 2.55. The van der Waals surface area contributed by atoms with Crippen LogP contribution in [-0.2, 0) is 19.3 Å². The van der Waals surface area contributed by atoms with Gasteiger partial charge in [-0.05, 0) is 0 Å². The van der Waals surface area contributed by atoms with Crippen LogP contribution in [0.3, 0.4) is 0 Å². The number of rotatable bonds is 0. The van der Waals surface area contributed by atoms with Gasteiger partial charge in [0.15, 0.2) is 0 Å². The Hall–Kier alpha value is -0.650. The van der Waals surface area contributed by atoms with Crippen LogP contribution >= 0.6 is 0 Å². The van der Waals surface area contributed by atoms with E-state index < -0.39 is 17.8 Å². The van der Waals surface area contributed by atoms with Crippen molar-refractivity contribution in [2.45, 2.75) is 11.8 Å². The molecule has 0 amide bonds. The third-order valence-electron chi connectivity index (χ3n) is 1.43. The van der Waals surface area contributed by atoms with E-state index in [4.69, 9.17) is 5.73 Å². The summed E-state index contributed by atoms with van der Waals surface area (Å²) in [6, 6.07) is -0.468. The average molecular weight is 131 g/mol. The molecule has 0 aliphatic carbocycles. The molecule has 2 aliphatic heterocycles. The quantitative estimate of drug-likeness (QED) is 0.246. The first-order valence-corrected chi connectivity index (χ1v) is 2.55. The van der Waals surface area contributed by atoms with Crippen LogP contribution in [0, 0.1) is 0 Å². The van der Waals surface area contributed by atoms with Crippen molar-refractivity contribution < 1.29 is 19.3 Å². The molecule has 2 fully saturated rings. The molecular formula is C4H5NO4. The molecule has 0 aromatic rings. The van der Waals surface area contributed by atoms with Gasteiger partial charge in [0, 0.05) is 0 Å². The highest BCUT2D eigenvalue weighted by Crippen LogP contribution is 2.37. The van der Waals surface area contributed by atoms with Gasteiger partial charge in [0.05, 0.1) is 0 Å². The SMILES string of the molecule is N[C@H]1COC(=O)C12OO2. The molecule has 50 valence electrons. The molecular weight excluding hydrogens is 126 g/mol. The summed E-state index contributed by atoms with van der Waals surface area (Å²) in [6.07, 6.45) is 0. The van der Waals surface area contributed by atoms with Crippen molar-refractivity contribution in [3.05, 3.63) is 0 Å². The normalized spacial score (nSPS) is 37.0. The highest BCUT2D eigenvalue weighted by molar-refractivity contribution is 5.82. The van der Waals surface area contributed by atoms with E-state index in [1.54, 1.807) is 0 Å². The van der Waals surface area contributed by atoms with E-state index in [-0.39, 0.29) is 6.61 Å². The summed E-state index contributed by atoms with van der Waals surface area (Å²) in [5.41, 5.74) is 5.37. The molecule has 9 heavy (non-hydrogen) atoms. The summed E-state index contributed by atoms with van der Waals surface area (Å²) in [5, 5.41) is 0. The van der Waals surface area contributed by atoms with Crippen molar-refractivity contribution in [3.63, 3.8) is 0 Å². The predicted molar refractivity (Wildman–Crippen MR) is 23.8 cm³/mol. The topological polar surface area (TPSA) is 77.4 Å². The van der Waals surface area contributed by atoms with Crippen LogP contribution in [0.25, 0.3) is 0 Å². The van der Waals surface area contributed by atoms with Gasteiger partial charge in [-0.15, -0.1) is 0 Å². The first-order chi connectivity index (χ1) is 4.26. The van der Waals surface area contributed by atoms with Gasteiger partial charge in [-0.2, -0.15) is 9.78 Å². The van der Waals surface area contributed by atoms with E-state index in [0.29, 0.717) is 0 Å². The Balaban J connectivity index is 2.26. The van der Waals surface area contributed by atoms with Gasteiger partial charge in [-0.25, -0.2) is 4.79 Å². The van der Waals surface area contributed by atoms with Crippen molar-refractivity contribution in [1.82, 2.24) is 0 Å². The summed E-state index contributed by atoms with van der Waals surface area (Å²) >= 11 is 0. The highest BCUT2D eigenvalue weighted by atomic mass is 17.4. The Morgan fingerprint density at radius 3 is 2.56 bits per heavy atom. The van der Waals surface area contributed by atoms with Crippen LogP contribution in [0.1, 0.15) is 0 Å². The molecule has 2 N–H and O–H groups in total. The Bertz CT molecular complexity index is 164. The lowest BCUT2D eigenvalue weighted by Gasteiger charge is -1.94. The number of hydrogen-bond acceptors (Lipinski definition) is 5. The van der Waals surface area contributed by atoms with E-state index in [9.17, 15) is 4.79 Å². The molecule has 1 spiro atoms. The van der Waals surface area contributed by atoms with Gasteiger partial charge < -0.3 is 10.5 Å². The number of carbonyl (C=O) groups excluding carboxylic acids is 1. The summed E-state index contributed by atoms with van der Waals surface area (Å²) in [4.78, 5) is 19.4. The van der Waals surface area contributed by atoms with Gasteiger partial charge in [0.2, 0.25) is 0 Å². The third kappa shape index (κ3) is 0.462. The zero-order chi connectivity index (χ0) is 6.48. The number of cyclic esters (lactones) is 1. The van der Waals surface area contributed by atoms with E-state index in [2.05, 4.69) is 14.5 Å². The minimum absolute atomic E-state index is 0.179. The van der Waals surface area contributed by atoms with Crippen LogP contribution in [-0.4, -0.2) is 24.4 Å². The smallest absolute Gasteiger partial charge is 0.374 e. The van der Waals surface area contributed by atoms with Crippen molar-refractivity contribution in [2.75, 3.05) is 6.61 Å².